The van der Waals surface area contributed by atoms with Gasteiger partial charge in [-0.15, -0.1) is 11.8 Å². The van der Waals surface area contributed by atoms with E-state index in [1.54, 1.807) is 24.4 Å². The van der Waals surface area contributed by atoms with Crippen LogP contribution in [0.5, 0.6) is 0 Å². The van der Waals surface area contributed by atoms with Gasteiger partial charge in [0.05, 0.1) is 6.04 Å². The van der Waals surface area contributed by atoms with Gasteiger partial charge >= 0.3 is 0 Å². The average Bonchev–Trinajstić information content (AvgIpc) is 3.11. The maximum atomic E-state index is 12.4. The molecule has 0 aromatic carbocycles. The summed E-state index contributed by atoms with van der Waals surface area (Å²) in [6.45, 7) is 2.60. The van der Waals surface area contributed by atoms with Crippen LogP contribution in [0.4, 0.5) is 0 Å². The molecule has 2 aliphatic rings. The van der Waals surface area contributed by atoms with Gasteiger partial charge in [-0.3, -0.25) is 14.8 Å². The Bertz CT molecular complexity index is 418. The van der Waals surface area contributed by atoms with Crippen LogP contribution >= 0.6 is 11.8 Å². The molecule has 0 saturated carbocycles. The van der Waals surface area contributed by atoms with Crippen molar-refractivity contribution in [3.63, 3.8) is 0 Å². The third-order valence-corrected chi connectivity index (χ3v) is 4.70. The molecule has 2 atom stereocenters. The van der Waals surface area contributed by atoms with E-state index in [0.717, 1.165) is 44.1 Å². The number of amides is 1. The summed E-state index contributed by atoms with van der Waals surface area (Å²) in [5, 5.41) is 7.40. The monoisotopic (exact) mass is 281 g/mol. The van der Waals surface area contributed by atoms with Crippen LogP contribution in [0.3, 0.4) is 0 Å². The molecule has 0 bridgehead atoms. The summed E-state index contributed by atoms with van der Waals surface area (Å²) in [5.41, 5.74) is 0. The third-order valence-electron chi connectivity index (χ3n) is 3.76. The van der Waals surface area contributed by atoms with Gasteiger partial charge in [0.15, 0.2) is 0 Å². The molecule has 2 saturated heterocycles. The molecule has 7 heteroatoms. The van der Waals surface area contributed by atoms with Gasteiger partial charge in [0.2, 0.25) is 5.91 Å². The highest BCUT2D eigenvalue weighted by Crippen LogP contribution is 2.20. The van der Waals surface area contributed by atoms with E-state index in [1.165, 1.54) is 0 Å². The normalized spacial score (nSPS) is 27.7. The number of hydrogen-bond donors (Lipinski definition) is 1. The Kier molecular flexibility index (Phi) is 4.03. The number of carbonyl (C=O) groups is 1. The molecule has 2 fully saturated rings. The van der Waals surface area contributed by atoms with Gasteiger partial charge in [-0.2, -0.15) is 5.10 Å². The summed E-state index contributed by atoms with van der Waals surface area (Å²) in [7, 11) is 0. The first kappa shape index (κ1) is 12.9. The summed E-state index contributed by atoms with van der Waals surface area (Å²) >= 11 is 1.80. The number of likely N-dealkylation sites (tertiary alicyclic amines) is 1. The Morgan fingerprint density at radius 3 is 3.21 bits per heavy atom. The standard InChI is InChI=1S/C12H19N5OS/c18-12(11-6-19-9-14-11)16-3-1-2-10(4-16)5-17-8-13-7-15-17/h7-8,10-11,14H,1-6,9H2/t10-,11+/m0/s1. The highest BCUT2D eigenvalue weighted by molar-refractivity contribution is 7.99. The minimum absolute atomic E-state index is 0.0233. The summed E-state index contributed by atoms with van der Waals surface area (Å²) in [6.07, 6.45) is 5.56. The smallest absolute Gasteiger partial charge is 0.240 e. The Morgan fingerprint density at radius 2 is 2.47 bits per heavy atom. The van der Waals surface area contributed by atoms with Crippen molar-refractivity contribution in [2.24, 2.45) is 5.92 Å². The van der Waals surface area contributed by atoms with Crippen LogP contribution in [-0.4, -0.2) is 56.3 Å². The maximum absolute atomic E-state index is 12.4. The molecule has 6 nitrogen and oxygen atoms in total. The molecular formula is C12H19N5OS. The van der Waals surface area contributed by atoms with Crippen LogP contribution in [-0.2, 0) is 11.3 Å². The van der Waals surface area contributed by atoms with E-state index in [-0.39, 0.29) is 11.9 Å². The number of carbonyl (C=O) groups excluding carboxylic acids is 1. The van der Waals surface area contributed by atoms with E-state index in [2.05, 4.69) is 15.4 Å². The molecule has 1 aromatic rings. The van der Waals surface area contributed by atoms with E-state index < -0.39 is 0 Å². The fourth-order valence-corrected chi connectivity index (χ4v) is 3.71. The minimum Gasteiger partial charge on any atom is -0.341 e. The molecule has 3 rings (SSSR count). The highest BCUT2D eigenvalue weighted by atomic mass is 32.2. The second-order valence-corrected chi connectivity index (χ2v) is 6.21. The number of aromatic nitrogens is 3. The first-order chi connectivity index (χ1) is 9.33. The number of hydrogen-bond acceptors (Lipinski definition) is 5. The van der Waals surface area contributed by atoms with Crippen LogP contribution in [0, 0.1) is 5.92 Å². The van der Waals surface area contributed by atoms with Crippen molar-refractivity contribution < 1.29 is 4.79 Å². The quantitative estimate of drug-likeness (QED) is 0.856. The molecule has 1 amide bonds. The van der Waals surface area contributed by atoms with Gasteiger partial charge in [0.1, 0.15) is 12.7 Å². The first-order valence-electron chi connectivity index (χ1n) is 6.75. The summed E-state index contributed by atoms with van der Waals surface area (Å²) in [6, 6.07) is 0.0233. The van der Waals surface area contributed by atoms with E-state index in [0.29, 0.717) is 5.92 Å². The third kappa shape index (κ3) is 3.09. The fourth-order valence-electron chi connectivity index (χ4n) is 2.78. The van der Waals surface area contributed by atoms with Crippen molar-refractivity contribution in [1.29, 1.82) is 0 Å². The number of nitrogens with zero attached hydrogens (tertiary/aromatic N) is 4. The highest BCUT2D eigenvalue weighted by Gasteiger charge is 2.30. The van der Waals surface area contributed by atoms with E-state index in [4.69, 9.17) is 0 Å². The lowest BCUT2D eigenvalue weighted by Gasteiger charge is -2.34. The summed E-state index contributed by atoms with van der Waals surface area (Å²) < 4.78 is 1.86. The van der Waals surface area contributed by atoms with Gasteiger partial charge in [-0.05, 0) is 18.8 Å². The molecule has 1 aromatic heterocycles. The Morgan fingerprint density at radius 1 is 1.53 bits per heavy atom. The van der Waals surface area contributed by atoms with Crippen LogP contribution in [0.2, 0.25) is 0 Å². The van der Waals surface area contributed by atoms with Crippen molar-refractivity contribution in [1.82, 2.24) is 25.0 Å². The molecule has 3 heterocycles. The van der Waals surface area contributed by atoms with Gasteiger partial charge in [0.25, 0.3) is 0 Å². The van der Waals surface area contributed by atoms with Gasteiger partial charge < -0.3 is 4.90 Å². The molecule has 1 N–H and O–H groups in total. The molecule has 0 spiro atoms. The van der Waals surface area contributed by atoms with Crippen molar-refractivity contribution in [3.8, 4) is 0 Å². The molecule has 19 heavy (non-hydrogen) atoms. The van der Waals surface area contributed by atoms with Crippen molar-refractivity contribution in [2.75, 3.05) is 24.7 Å². The SMILES string of the molecule is O=C([C@H]1CSCN1)N1CCC[C@H](Cn2cncn2)C1. The number of nitrogens with one attached hydrogen (secondary N) is 1. The molecule has 0 unspecified atom stereocenters. The van der Waals surface area contributed by atoms with Crippen molar-refractivity contribution in [3.05, 3.63) is 12.7 Å². The van der Waals surface area contributed by atoms with Crippen LogP contribution in [0.15, 0.2) is 12.7 Å². The largest absolute Gasteiger partial charge is 0.341 e. The molecule has 2 aliphatic heterocycles. The summed E-state index contributed by atoms with van der Waals surface area (Å²) in [5.74, 6) is 2.57. The average molecular weight is 281 g/mol. The zero-order chi connectivity index (χ0) is 13.1. The van der Waals surface area contributed by atoms with Crippen LogP contribution in [0.25, 0.3) is 0 Å². The first-order valence-corrected chi connectivity index (χ1v) is 7.91. The van der Waals surface area contributed by atoms with Gasteiger partial charge in [-0.1, -0.05) is 0 Å². The fraction of sp³-hybridized carbons (Fsp3) is 0.750. The number of piperidine rings is 1. The lowest BCUT2D eigenvalue weighted by Crippen LogP contribution is -2.49. The van der Waals surface area contributed by atoms with Gasteiger partial charge in [-0.25, -0.2) is 4.98 Å². The van der Waals surface area contributed by atoms with E-state index in [1.807, 2.05) is 9.58 Å². The minimum atomic E-state index is 0.0233. The van der Waals surface area contributed by atoms with Crippen molar-refractivity contribution >= 4 is 17.7 Å². The lowest BCUT2D eigenvalue weighted by atomic mass is 9.97. The predicted octanol–water partition coefficient (Wildman–Crippen LogP) is 0.179. The Labute approximate surface area is 116 Å². The molecular weight excluding hydrogens is 262 g/mol. The molecule has 0 aliphatic carbocycles. The lowest BCUT2D eigenvalue weighted by molar-refractivity contribution is -0.134. The zero-order valence-corrected chi connectivity index (χ0v) is 11.7. The Balaban J connectivity index is 1.56. The number of thioether (sulfide) groups is 1. The number of rotatable bonds is 3. The Hall–Kier alpha value is -1.08. The molecule has 104 valence electrons. The predicted molar refractivity (Wildman–Crippen MR) is 73.6 cm³/mol. The topological polar surface area (TPSA) is 63.1 Å². The second-order valence-electron chi connectivity index (χ2n) is 5.18. The zero-order valence-electron chi connectivity index (χ0n) is 10.9. The van der Waals surface area contributed by atoms with E-state index in [9.17, 15) is 4.79 Å². The maximum Gasteiger partial charge on any atom is 0.240 e. The van der Waals surface area contributed by atoms with Crippen LogP contribution in [0.1, 0.15) is 12.8 Å². The van der Waals surface area contributed by atoms with E-state index >= 15 is 0 Å². The second kappa shape index (κ2) is 5.92. The van der Waals surface area contributed by atoms with Crippen molar-refractivity contribution in [2.45, 2.75) is 25.4 Å². The van der Waals surface area contributed by atoms with Crippen LogP contribution < -0.4 is 5.32 Å². The molecule has 0 radical (unpaired) electrons. The summed E-state index contributed by atoms with van der Waals surface area (Å²) in [4.78, 5) is 18.3. The van der Waals surface area contributed by atoms with Gasteiger partial charge in [0, 0.05) is 31.3 Å².